The van der Waals surface area contributed by atoms with Gasteiger partial charge in [-0.2, -0.15) is 0 Å². The summed E-state index contributed by atoms with van der Waals surface area (Å²) in [5.41, 5.74) is -1.51. The molecule has 162 valence electrons. The van der Waals surface area contributed by atoms with Crippen LogP contribution in [0.15, 0.2) is 36.4 Å². The van der Waals surface area contributed by atoms with Crippen LogP contribution >= 0.6 is 0 Å². The van der Waals surface area contributed by atoms with E-state index in [1.807, 2.05) is 5.32 Å². The molecule has 0 aliphatic rings. The number of aliphatic carboxylic acids is 1. The molecule has 14 heteroatoms. The van der Waals surface area contributed by atoms with Crippen molar-refractivity contribution >= 4 is 42.9 Å². The number of hydrogen-bond donors (Lipinski definition) is 7. The van der Waals surface area contributed by atoms with Gasteiger partial charge in [0.25, 0.3) is 11.8 Å². The highest BCUT2D eigenvalue weighted by molar-refractivity contribution is 6.59. The number of nitrogens with one attached hydrogen (secondary N) is 2. The Hall–Kier alpha value is -3.32. The Morgan fingerprint density at radius 3 is 1.68 bits per heavy atom. The molecule has 10 nitrogen and oxygen atoms in total. The number of benzene rings is 2. The highest BCUT2D eigenvalue weighted by Gasteiger charge is 2.25. The van der Waals surface area contributed by atoms with Crippen LogP contribution < -0.4 is 21.6 Å². The fraction of sp³-hybridized carbons (Fsp3) is 0.118. The molecule has 0 aromatic heterocycles. The Morgan fingerprint density at radius 1 is 0.839 bits per heavy atom. The minimum absolute atomic E-state index is 0.202. The molecule has 2 aromatic carbocycles. The second-order valence-corrected chi connectivity index (χ2v) is 6.30. The Balaban J connectivity index is 2.07. The average molecular weight is 436 g/mol. The predicted octanol–water partition coefficient (Wildman–Crippen LogP) is -3.06. The molecule has 0 fully saturated rings. The lowest BCUT2D eigenvalue weighted by atomic mass is 9.80. The van der Waals surface area contributed by atoms with Crippen LogP contribution in [0, 0.1) is 11.6 Å². The molecule has 0 aliphatic heterocycles. The molecular formula is C17H16B2F2N2O8. The minimum Gasteiger partial charge on any atom is -0.480 e. The zero-order valence-electron chi connectivity index (χ0n) is 15.6. The number of carbonyl (C=O) groups excluding carboxylic acids is 2. The third kappa shape index (κ3) is 6.08. The van der Waals surface area contributed by atoms with Crippen LogP contribution in [-0.2, 0) is 4.79 Å². The Kier molecular flexibility index (Phi) is 7.83. The summed E-state index contributed by atoms with van der Waals surface area (Å²) in [7, 11) is -3.92. The third-order valence-electron chi connectivity index (χ3n) is 4.14. The minimum atomic E-state index is -1.97. The maximum absolute atomic E-state index is 14.0. The third-order valence-corrected chi connectivity index (χ3v) is 4.14. The molecule has 31 heavy (non-hydrogen) atoms. The lowest BCUT2D eigenvalue weighted by Gasteiger charge is -2.16. The smallest absolute Gasteiger partial charge is 0.480 e. The maximum atomic E-state index is 14.0. The predicted molar refractivity (Wildman–Crippen MR) is 104 cm³/mol. The van der Waals surface area contributed by atoms with Gasteiger partial charge >= 0.3 is 20.2 Å². The van der Waals surface area contributed by atoms with Crippen molar-refractivity contribution in [2.75, 3.05) is 6.54 Å². The number of carboxylic acids is 1. The van der Waals surface area contributed by atoms with Gasteiger partial charge in [-0.25, -0.2) is 13.6 Å². The van der Waals surface area contributed by atoms with Crippen molar-refractivity contribution in [3.8, 4) is 0 Å². The summed E-state index contributed by atoms with van der Waals surface area (Å²) in [6.07, 6.45) is 0. The first-order valence-corrected chi connectivity index (χ1v) is 8.64. The molecule has 0 aliphatic carbocycles. The highest BCUT2D eigenvalue weighted by Crippen LogP contribution is 2.07. The lowest BCUT2D eigenvalue weighted by molar-refractivity contribution is -0.139. The summed E-state index contributed by atoms with van der Waals surface area (Å²) in [6, 6.07) is 3.70. The van der Waals surface area contributed by atoms with Crippen LogP contribution in [0.25, 0.3) is 0 Å². The zero-order valence-corrected chi connectivity index (χ0v) is 15.6. The lowest BCUT2D eigenvalue weighted by Crippen LogP contribution is -2.48. The molecule has 0 unspecified atom stereocenters. The molecule has 0 radical (unpaired) electrons. The summed E-state index contributed by atoms with van der Waals surface area (Å²) in [5.74, 6) is -5.98. The SMILES string of the molecule is O=C(NC[C@H](NC(=O)c1ccc(B(O)O)cc1F)C(=O)O)c1ccc(B(O)O)cc1F. The van der Waals surface area contributed by atoms with E-state index in [1.54, 1.807) is 0 Å². The normalized spacial score (nSPS) is 11.4. The molecule has 2 amide bonds. The summed E-state index contributed by atoms with van der Waals surface area (Å²) in [6.45, 7) is -0.682. The zero-order chi connectivity index (χ0) is 23.3. The number of carbonyl (C=O) groups is 3. The second-order valence-electron chi connectivity index (χ2n) is 6.30. The summed E-state index contributed by atoms with van der Waals surface area (Å²) >= 11 is 0. The van der Waals surface area contributed by atoms with Gasteiger partial charge in [0.05, 0.1) is 11.1 Å². The fourth-order valence-corrected chi connectivity index (χ4v) is 2.48. The Bertz CT molecular complexity index is 1010. The van der Waals surface area contributed by atoms with Gasteiger partial charge in [-0.1, -0.05) is 12.1 Å². The number of carboxylic acid groups (broad SMARTS) is 1. The van der Waals surface area contributed by atoms with Gasteiger partial charge in [-0.05, 0) is 35.2 Å². The van der Waals surface area contributed by atoms with Crippen molar-refractivity contribution < 1.29 is 48.4 Å². The monoisotopic (exact) mass is 436 g/mol. The standard InChI is InChI=1S/C17H16B2F2N2O8/c20-12-5-8(18(28)29)1-3-10(12)15(24)22-7-14(17(26)27)23-16(25)11-4-2-9(19(30)31)6-13(11)21/h1-6,14,28-31H,7H2,(H,22,24)(H,23,25)(H,26,27)/t14-/m0/s1. The first-order chi connectivity index (χ1) is 14.5. The molecular weight excluding hydrogens is 420 g/mol. The van der Waals surface area contributed by atoms with Crippen LogP contribution in [0.3, 0.4) is 0 Å². The molecule has 0 saturated carbocycles. The van der Waals surface area contributed by atoms with Crippen molar-refractivity contribution in [3.63, 3.8) is 0 Å². The van der Waals surface area contributed by atoms with Crippen LogP contribution in [-0.4, -0.2) is 69.8 Å². The van der Waals surface area contributed by atoms with E-state index in [0.717, 1.165) is 24.3 Å². The average Bonchev–Trinajstić information content (AvgIpc) is 2.69. The number of rotatable bonds is 8. The van der Waals surface area contributed by atoms with Crippen LogP contribution in [0.5, 0.6) is 0 Å². The Labute approximate surface area is 174 Å². The van der Waals surface area contributed by atoms with Gasteiger partial charge in [0, 0.05) is 6.54 Å². The first kappa shape index (κ1) is 24.0. The molecule has 2 aromatic rings. The highest BCUT2D eigenvalue weighted by atomic mass is 19.1. The van der Waals surface area contributed by atoms with E-state index < -0.39 is 67.4 Å². The van der Waals surface area contributed by atoms with Gasteiger partial charge in [0.1, 0.15) is 17.7 Å². The second kappa shape index (κ2) is 10.1. The van der Waals surface area contributed by atoms with Crippen molar-refractivity contribution in [2.24, 2.45) is 0 Å². The number of amides is 2. The largest absolute Gasteiger partial charge is 0.488 e. The quantitative estimate of drug-likeness (QED) is 0.214. The van der Waals surface area contributed by atoms with Gasteiger partial charge < -0.3 is 35.8 Å². The molecule has 2 rings (SSSR count). The molecule has 1 atom stereocenters. The van der Waals surface area contributed by atoms with Gasteiger partial charge in [-0.3, -0.25) is 9.59 Å². The molecule has 0 bridgehead atoms. The van der Waals surface area contributed by atoms with Crippen molar-refractivity contribution in [3.05, 3.63) is 59.2 Å². The summed E-state index contributed by atoms with van der Waals surface area (Å²) < 4.78 is 28.0. The Morgan fingerprint density at radius 2 is 1.29 bits per heavy atom. The van der Waals surface area contributed by atoms with E-state index >= 15 is 0 Å². The van der Waals surface area contributed by atoms with Gasteiger partial charge in [0.2, 0.25) is 0 Å². The van der Waals surface area contributed by atoms with Crippen LogP contribution in [0.1, 0.15) is 20.7 Å². The van der Waals surface area contributed by atoms with E-state index in [0.29, 0.717) is 12.1 Å². The number of hydrogen-bond acceptors (Lipinski definition) is 7. The molecule has 0 saturated heterocycles. The van der Waals surface area contributed by atoms with E-state index in [2.05, 4.69) is 5.32 Å². The maximum Gasteiger partial charge on any atom is 0.488 e. The van der Waals surface area contributed by atoms with Gasteiger partial charge in [0.15, 0.2) is 0 Å². The van der Waals surface area contributed by atoms with Gasteiger partial charge in [-0.15, -0.1) is 0 Å². The van der Waals surface area contributed by atoms with Crippen LogP contribution in [0.2, 0.25) is 0 Å². The fourth-order valence-electron chi connectivity index (χ4n) is 2.48. The van der Waals surface area contributed by atoms with Crippen LogP contribution in [0.4, 0.5) is 8.78 Å². The molecule has 7 N–H and O–H groups in total. The van der Waals surface area contributed by atoms with Crippen molar-refractivity contribution in [1.82, 2.24) is 10.6 Å². The van der Waals surface area contributed by atoms with Crippen molar-refractivity contribution in [2.45, 2.75) is 6.04 Å². The molecule has 0 spiro atoms. The van der Waals surface area contributed by atoms with E-state index in [-0.39, 0.29) is 10.9 Å². The number of halogens is 2. The summed E-state index contributed by atoms with van der Waals surface area (Å²) in [5, 5.41) is 49.3. The van der Waals surface area contributed by atoms with E-state index in [9.17, 15) is 28.3 Å². The topological polar surface area (TPSA) is 176 Å². The van der Waals surface area contributed by atoms with Crippen molar-refractivity contribution in [1.29, 1.82) is 0 Å². The van der Waals surface area contributed by atoms with E-state index in [1.165, 1.54) is 0 Å². The van der Waals surface area contributed by atoms with E-state index in [4.69, 9.17) is 20.1 Å². The summed E-state index contributed by atoms with van der Waals surface area (Å²) in [4.78, 5) is 35.6. The molecule has 0 heterocycles. The first-order valence-electron chi connectivity index (χ1n) is 8.64.